The molecule has 0 unspecified atom stereocenters. The molecule has 1 aromatic rings. The van der Waals surface area contributed by atoms with Crippen LogP contribution in [-0.2, 0) is 6.42 Å². The fourth-order valence-corrected chi connectivity index (χ4v) is 3.09. The fourth-order valence-electron chi connectivity index (χ4n) is 3.09. The molecule has 0 bridgehead atoms. The monoisotopic (exact) mass is 274 g/mol. The topological polar surface area (TPSA) is 9.23 Å². The minimum atomic E-state index is 0.773. The first kappa shape index (κ1) is 15.4. The van der Waals surface area contributed by atoms with Crippen molar-refractivity contribution in [2.75, 3.05) is 6.61 Å². The third kappa shape index (κ3) is 5.56. The Morgan fingerprint density at radius 3 is 2.55 bits per heavy atom. The van der Waals surface area contributed by atoms with Gasteiger partial charge in [-0.25, -0.2) is 0 Å². The molecule has 0 spiro atoms. The van der Waals surface area contributed by atoms with Crippen molar-refractivity contribution in [2.24, 2.45) is 5.92 Å². The molecule has 0 radical (unpaired) electrons. The fraction of sp³-hybridized carbons (Fsp3) is 0.684. The molecule has 1 aliphatic rings. The van der Waals surface area contributed by atoms with Crippen LogP contribution in [0.3, 0.4) is 0 Å². The lowest BCUT2D eigenvalue weighted by Crippen LogP contribution is -2.13. The molecule has 1 fully saturated rings. The van der Waals surface area contributed by atoms with Crippen molar-refractivity contribution in [2.45, 2.75) is 71.1 Å². The van der Waals surface area contributed by atoms with Crippen LogP contribution in [0, 0.1) is 5.92 Å². The molecule has 2 rings (SSSR count). The zero-order valence-corrected chi connectivity index (χ0v) is 13.1. The Kier molecular flexibility index (Phi) is 6.97. The summed E-state index contributed by atoms with van der Waals surface area (Å²) >= 11 is 0. The highest BCUT2D eigenvalue weighted by molar-refractivity contribution is 5.28. The SMILES string of the molecule is CCCCc1cccc(OCC2CCCCCCC2)c1. The second-order valence-corrected chi connectivity index (χ2v) is 6.27. The first-order valence-electron chi connectivity index (χ1n) is 8.60. The van der Waals surface area contributed by atoms with Gasteiger partial charge in [0.25, 0.3) is 0 Å². The summed E-state index contributed by atoms with van der Waals surface area (Å²) < 4.78 is 6.06. The Bertz CT molecular complexity index is 364. The average Bonchev–Trinajstić information content (AvgIpc) is 2.44. The summed E-state index contributed by atoms with van der Waals surface area (Å²) in [4.78, 5) is 0. The molecule has 1 heteroatoms. The van der Waals surface area contributed by atoms with Crippen molar-refractivity contribution in [3.05, 3.63) is 29.8 Å². The first-order valence-corrected chi connectivity index (χ1v) is 8.60. The van der Waals surface area contributed by atoms with Gasteiger partial charge in [-0.3, -0.25) is 0 Å². The highest BCUT2D eigenvalue weighted by Gasteiger charge is 2.12. The predicted molar refractivity (Wildman–Crippen MR) is 86.4 cm³/mol. The molecule has 0 saturated heterocycles. The largest absolute Gasteiger partial charge is 0.493 e. The van der Waals surface area contributed by atoms with Gasteiger partial charge in [-0.1, -0.05) is 57.6 Å². The Balaban J connectivity index is 1.79. The van der Waals surface area contributed by atoms with Crippen LogP contribution in [0.4, 0.5) is 0 Å². The van der Waals surface area contributed by atoms with Crippen molar-refractivity contribution in [3.63, 3.8) is 0 Å². The summed E-state index contributed by atoms with van der Waals surface area (Å²) in [6, 6.07) is 8.70. The Morgan fingerprint density at radius 2 is 1.80 bits per heavy atom. The molecule has 0 amide bonds. The minimum absolute atomic E-state index is 0.773. The second kappa shape index (κ2) is 9.05. The molecule has 0 aliphatic heterocycles. The summed E-state index contributed by atoms with van der Waals surface area (Å²) in [6.07, 6.45) is 13.5. The number of ether oxygens (including phenoxy) is 1. The highest BCUT2D eigenvalue weighted by atomic mass is 16.5. The summed E-state index contributed by atoms with van der Waals surface area (Å²) in [5.41, 5.74) is 1.42. The summed E-state index contributed by atoms with van der Waals surface area (Å²) in [6.45, 7) is 3.16. The zero-order valence-electron chi connectivity index (χ0n) is 13.1. The maximum absolute atomic E-state index is 6.06. The van der Waals surface area contributed by atoms with Crippen molar-refractivity contribution < 1.29 is 4.74 Å². The molecule has 0 atom stereocenters. The molecule has 112 valence electrons. The maximum atomic E-state index is 6.06. The van der Waals surface area contributed by atoms with Gasteiger partial charge in [0.2, 0.25) is 0 Å². The molecule has 1 saturated carbocycles. The molecule has 20 heavy (non-hydrogen) atoms. The number of rotatable bonds is 6. The van der Waals surface area contributed by atoms with E-state index in [9.17, 15) is 0 Å². The van der Waals surface area contributed by atoms with Crippen LogP contribution >= 0.6 is 0 Å². The van der Waals surface area contributed by atoms with Crippen LogP contribution in [0.5, 0.6) is 5.75 Å². The van der Waals surface area contributed by atoms with Gasteiger partial charge in [0.1, 0.15) is 5.75 Å². The molecule has 1 nitrogen and oxygen atoms in total. The van der Waals surface area contributed by atoms with E-state index in [2.05, 4.69) is 31.2 Å². The van der Waals surface area contributed by atoms with E-state index in [1.807, 2.05) is 0 Å². The standard InChI is InChI=1S/C19H30O/c1-2-3-10-17-13-9-14-19(15-17)20-16-18-11-7-5-4-6-8-12-18/h9,13-15,18H,2-8,10-12,16H2,1H3. The lowest BCUT2D eigenvalue weighted by molar-refractivity contribution is 0.218. The van der Waals surface area contributed by atoms with Crippen LogP contribution in [0.1, 0.15) is 70.3 Å². The van der Waals surface area contributed by atoms with Gasteiger partial charge in [-0.15, -0.1) is 0 Å². The number of hydrogen-bond acceptors (Lipinski definition) is 1. The van der Waals surface area contributed by atoms with Gasteiger partial charge in [-0.2, -0.15) is 0 Å². The molecule has 0 aromatic heterocycles. The molecule has 0 heterocycles. The van der Waals surface area contributed by atoms with Crippen LogP contribution < -0.4 is 4.74 Å². The van der Waals surface area contributed by atoms with Crippen molar-refractivity contribution in [3.8, 4) is 5.75 Å². The van der Waals surface area contributed by atoms with E-state index >= 15 is 0 Å². The first-order chi connectivity index (χ1) is 9.88. The predicted octanol–water partition coefficient (Wildman–Crippen LogP) is 5.77. The van der Waals surface area contributed by atoms with Crippen LogP contribution in [0.25, 0.3) is 0 Å². The van der Waals surface area contributed by atoms with E-state index in [4.69, 9.17) is 4.74 Å². The highest BCUT2D eigenvalue weighted by Crippen LogP contribution is 2.24. The van der Waals surface area contributed by atoms with Gasteiger partial charge < -0.3 is 4.74 Å². The second-order valence-electron chi connectivity index (χ2n) is 6.27. The van der Waals surface area contributed by atoms with E-state index in [-0.39, 0.29) is 0 Å². The van der Waals surface area contributed by atoms with E-state index in [0.717, 1.165) is 18.3 Å². The number of benzene rings is 1. The van der Waals surface area contributed by atoms with E-state index < -0.39 is 0 Å². The number of aryl methyl sites for hydroxylation is 1. The average molecular weight is 274 g/mol. The third-order valence-corrected chi connectivity index (χ3v) is 4.43. The van der Waals surface area contributed by atoms with Gasteiger partial charge in [0.05, 0.1) is 6.61 Å². The van der Waals surface area contributed by atoms with Gasteiger partial charge >= 0.3 is 0 Å². The smallest absolute Gasteiger partial charge is 0.119 e. The maximum Gasteiger partial charge on any atom is 0.119 e. The van der Waals surface area contributed by atoms with E-state index in [0.29, 0.717) is 0 Å². The molecule has 1 aromatic carbocycles. The van der Waals surface area contributed by atoms with Gasteiger partial charge in [-0.05, 0) is 49.3 Å². The van der Waals surface area contributed by atoms with Crippen molar-refractivity contribution >= 4 is 0 Å². The van der Waals surface area contributed by atoms with Gasteiger partial charge in [0, 0.05) is 0 Å². The van der Waals surface area contributed by atoms with E-state index in [1.54, 1.807) is 0 Å². The lowest BCUT2D eigenvalue weighted by atomic mass is 9.92. The van der Waals surface area contributed by atoms with Crippen molar-refractivity contribution in [1.82, 2.24) is 0 Å². The number of unbranched alkanes of at least 4 members (excludes halogenated alkanes) is 1. The normalized spacial score (nSPS) is 17.4. The molecule has 0 N–H and O–H groups in total. The summed E-state index contributed by atoms with van der Waals surface area (Å²) in [5, 5.41) is 0. The Labute approximate surface area is 124 Å². The van der Waals surface area contributed by atoms with Gasteiger partial charge in [0.15, 0.2) is 0 Å². The van der Waals surface area contributed by atoms with Crippen molar-refractivity contribution in [1.29, 1.82) is 0 Å². The van der Waals surface area contributed by atoms with Crippen LogP contribution in [-0.4, -0.2) is 6.61 Å². The third-order valence-electron chi connectivity index (χ3n) is 4.43. The Morgan fingerprint density at radius 1 is 1.05 bits per heavy atom. The minimum Gasteiger partial charge on any atom is -0.493 e. The summed E-state index contributed by atoms with van der Waals surface area (Å²) in [7, 11) is 0. The quantitative estimate of drug-likeness (QED) is 0.640. The molecular weight excluding hydrogens is 244 g/mol. The number of hydrogen-bond donors (Lipinski definition) is 0. The molecule has 1 aliphatic carbocycles. The van der Waals surface area contributed by atoms with Crippen LogP contribution in [0.2, 0.25) is 0 Å². The zero-order chi connectivity index (χ0) is 14.0. The molecular formula is C19H30O. The van der Waals surface area contributed by atoms with Crippen LogP contribution in [0.15, 0.2) is 24.3 Å². The lowest BCUT2D eigenvalue weighted by Gasteiger charge is -2.20. The Hall–Kier alpha value is -0.980. The summed E-state index contributed by atoms with van der Waals surface area (Å²) in [5.74, 6) is 1.84. The van der Waals surface area contributed by atoms with E-state index in [1.165, 1.54) is 69.8 Å².